The van der Waals surface area contributed by atoms with Gasteiger partial charge in [-0.2, -0.15) is 0 Å². The van der Waals surface area contributed by atoms with E-state index < -0.39 is 0 Å². The van der Waals surface area contributed by atoms with E-state index in [0.717, 1.165) is 43.9 Å². The Bertz CT molecular complexity index is 449. The quantitative estimate of drug-likeness (QED) is 0.905. The molecule has 3 atom stereocenters. The van der Waals surface area contributed by atoms with Crippen LogP contribution in [0, 0.1) is 0 Å². The van der Waals surface area contributed by atoms with Crippen molar-refractivity contribution in [2.75, 3.05) is 19.8 Å². The van der Waals surface area contributed by atoms with Crippen LogP contribution in [0.25, 0.3) is 0 Å². The molecule has 2 heterocycles. The van der Waals surface area contributed by atoms with E-state index in [-0.39, 0.29) is 6.10 Å². The summed E-state index contributed by atoms with van der Waals surface area (Å²) in [5, 5.41) is 3.63. The van der Waals surface area contributed by atoms with E-state index in [0.29, 0.717) is 18.8 Å². The lowest BCUT2D eigenvalue weighted by atomic mass is 10.00. The summed E-state index contributed by atoms with van der Waals surface area (Å²) in [7, 11) is 0. The standard InChI is InChI=1S/C17H25NO3/c1-2-5-14-10-13(8-9-19-14)18-11-15-12-20-16-6-3-4-7-17(16)21-15/h3-4,6-7,13-15,18H,2,5,8-12H2,1H3. The Hall–Kier alpha value is -1.26. The van der Waals surface area contributed by atoms with Crippen molar-refractivity contribution in [2.45, 2.75) is 50.9 Å². The average Bonchev–Trinajstić information content (AvgIpc) is 2.53. The second-order valence-corrected chi connectivity index (χ2v) is 5.91. The van der Waals surface area contributed by atoms with Gasteiger partial charge in [0.25, 0.3) is 0 Å². The number of fused-ring (bicyclic) bond motifs is 1. The molecule has 3 rings (SSSR count). The van der Waals surface area contributed by atoms with Crippen molar-refractivity contribution >= 4 is 0 Å². The van der Waals surface area contributed by atoms with Gasteiger partial charge in [0.2, 0.25) is 0 Å². The Labute approximate surface area is 126 Å². The molecule has 3 unspecified atom stereocenters. The molecule has 0 aliphatic carbocycles. The first kappa shape index (κ1) is 14.7. The van der Waals surface area contributed by atoms with Crippen LogP contribution in [-0.4, -0.2) is 38.0 Å². The number of para-hydroxylation sites is 2. The Morgan fingerprint density at radius 1 is 1.19 bits per heavy atom. The van der Waals surface area contributed by atoms with Crippen LogP contribution < -0.4 is 14.8 Å². The predicted octanol–water partition coefficient (Wildman–Crippen LogP) is 2.76. The van der Waals surface area contributed by atoms with Crippen LogP contribution in [0.3, 0.4) is 0 Å². The van der Waals surface area contributed by atoms with Gasteiger partial charge in [0.05, 0.1) is 6.10 Å². The summed E-state index contributed by atoms with van der Waals surface area (Å²) in [4.78, 5) is 0. The van der Waals surface area contributed by atoms with Gasteiger partial charge in [-0.3, -0.25) is 0 Å². The summed E-state index contributed by atoms with van der Waals surface area (Å²) in [6, 6.07) is 8.40. The summed E-state index contributed by atoms with van der Waals surface area (Å²) in [5.41, 5.74) is 0. The van der Waals surface area contributed by atoms with E-state index in [4.69, 9.17) is 14.2 Å². The minimum Gasteiger partial charge on any atom is -0.486 e. The number of nitrogens with one attached hydrogen (secondary N) is 1. The molecular formula is C17H25NO3. The van der Waals surface area contributed by atoms with E-state index in [2.05, 4.69) is 12.2 Å². The molecule has 2 aliphatic rings. The molecule has 1 saturated heterocycles. The van der Waals surface area contributed by atoms with Crippen molar-refractivity contribution in [3.63, 3.8) is 0 Å². The lowest BCUT2D eigenvalue weighted by Crippen LogP contribution is -2.45. The third-order valence-electron chi connectivity index (χ3n) is 4.18. The molecule has 1 aromatic carbocycles. The summed E-state index contributed by atoms with van der Waals surface area (Å²) in [6.07, 6.45) is 5.06. The third kappa shape index (κ3) is 3.89. The van der Waals surface area contributed by atoms with Gasteiger partial charge in [-0.25, -0.2) is 0 Å². The number of benzene rings is 1. The second kappa shape index (κ2) is 7.14. The van der Waals surface area contributed by atoms with Gasteiger partial charge >= 0.3 is 0 Å². The molecule has 2 aliphatic heterocycles. The molecule has 0 saturated carbocycles. The zero-order chi connectivity index (χ0) is 14.5. The van der Waals surface area contributed by atoms with Crippen LogP contribution >= 0.6 is 0 Å². The summed E-state index contributed by atoms with van der Waals surface area (Å²) in [5.74, 6) is 1.70. The van der Waals surface area contributed by atoms with Crippen LogP contribution in [0.5, 0.6) is 11.5 Å². The van der Waals surface area contributed by atoms with E-state index in [1.54, 1.807) is 0 Å². The molecule has 0 spiro atoms. The molecule has 4 nitrogen and oxygen atoms in total. The fraction of sp³-hybridized carbons (Fsp3) is 0.647. The zero-order valence-corrected chi connectivity index (χ0v) is 12.7. The van der Waals surface area contributed by atoms with E-state index >= 15 is 0 Å². The lowest BCUT2D eigenvalue weighted by molar-refractivity contribution is -0.00605. The van der Waals surface area contributed by atoms with Gasteiger partial charge in [-0.15, -0.1) is 0 Å². The first-order valence-electron chi connectivity index (χ1n) is 8.08. The van der Waals surface area contributed by atoms with E-state index in [1.807, 2.05) is 24.3 Å². The summed E-state index contributed by atoms with van der Waals surface area (Å²) in [6.45, 7) is 4.53. The second-order valence-electron chi connectivity index (χ2n) is 5.91. The molecule has 1 N–H and O–H groups in total. The molecular weight excluding hydrogens is 266 g/mol. The van der Waals surface area contributed by atoms with Crippen molar-refractivity contribution < 1.29 is 14.2 Å². The van der Waals surface area contributed by atoms with Gasteiger partial charge in [0.1, 0.15) is 12.7 Å². The molecule has 1 aromatic rings. The van der Waals surface area contributed by atoms with Crippen LogP contribution in [0.15, 0.2) is 24.3 Å². The van der Waals surface area contributed by atoms with Gasteiger partial charge in [-0.05, 0) is 31.4 Å². The molecule has 0 amide bonds. The lowest BCUT2D eigenvalue weighted by Gasteiger charge is -2.32. The van der Waals surface area contributed by atoms with Crippen LogP contribution in [0.1, 0.15) is 32.6 Å². The Kier molecular flexibility index (Phi) is 4.99. The minimum atomic E-state index is 0.0902. The highest BCUT2D eigenvalue weighted by Crippen LogP contribution is 2.30. The molecule has 116 valence electrons. The fourth-order valence-corrected chi connectivity index (χ4v) is 3.05. The van der Waals surface area contributed by atoms with E-state index in [9.17, 15) is 0 Å². The molecule has 0 bridgehead atoms. The number of ether oxygens (including phenoxy) is 3. The SMILES string of the molecule is CCCC1CC(NCC2COc3ccccc3O2)CCO1. The zero-order valence-electron chi connectivity index (χ0n) is 12.7. The Morgan fingerprint density at radius 3 is 2.90 bits per heavy atom. The van der Waals surface area contributed by atoms with Gasteiger partial charge in [-0.1, -0.05) is 25.5 Å². The maximum absolute atomic E-state index is 5.98. The largest absolute Gasteiger partial charge is 0.486 e. The average molecular weight is 291 g/mol. The van der Waals surface area contributed by atoms with Crippen molar-refractivity contribution in [1.29, 1.82) is 0 Å². The first-order valence-corrected chi connectivity index (χ1v) is 8.08. The highest BCUT2D eigenvalue weighted by molar-refractivity contribution is 5.40. The molecule has 21 heavy (non-hydrogen) atoms. The maximum atomic E-state index is 5.98. The first-order chi connectivity index (χ1) is 10.3. The number of hydrogen-bond acceptors (Lipinski definition) is 4. The third-order valence-corrected chi connectivity index (χ3v) is 4.18. The summed E-state index contributed by atoms with van der Waals surface area (Å²) >= 11 is 0. The summed E-state index contributed by atoms with van der Waals surface area (Å²) < 4.78 is 17.5. The Balaban J connectivity index is 1.46. The highest BCUT2D eigenvalue weighted by Gasteiger charge is 2.25. The molecule has 4 heteroatoms. The topological polar surface area (TPSA) is 39.7 Å². The molecule has 0 aromatic heterocycles. The van der Waals surface area contributed by atoms with Crippen molar-refractivity contribution in [2.24, 2.45) is 0 Å². The van der Waals surface area contributed by atoms with Crippen molar-refractivity contribution in [3.8, 4) is 11.5 Å². The van der Waals surface area contributed by atoms with Crippen LogP contribution in [0.2, 0.25) is 0 Å². The van der Waals surface area contributed by atoms with Crippen LogP contribution in [0.4, 0.5) is 0 Å². The fourth-order valence-electron chi connectivity index (χ4n) is 3.05. The maximum Gasteiger partial charge on any atom is 0.161 e. The van der Waals surface area contributed by atoms with Crippen molar-refractivity contribution in [1.82, 2.24) is 5.32 Å². The monoisotopic (exact) mass is 291 g/mol. The molecule has 0 radical (unpaired) electrons. The van der Waals surface area contributed by atoms with Gasteiger partial charge in [0.15, 0.2) is 11.5 Å². The predicted molar refractivity (Wildman–Crippen MR) is 82.0 cm³/mol. The molecule has 1 fully saturated rings. The van der Waals surface area contributed by atoms with E-state index in [1.165, 1.54) is 6.42 Å². The number of rotatable bonds is 5. The van der Waals surface area contributed by atoms with Crippen LogP contribution in [-0.2, 0) is 4.74 Å². The Morgan fingerprint density at radius 2 is 2.05 bits per heavy atom. The normalized spacial score (nSPS) is 28.3. The van der Waals surface area contributed by atoms with Gasteiger partial charge < -0.3 is 19.5 Å². The highest BCUT2D eigenvalue weighted by atomic mass is 16.6. The minimum absolute atomic E-state index is 0.0902. The van der Waals surface area contributed by atoms with Gasteiger partial charge in [0, 0.05) is 19.2 Å². The van der Waals surface area contributed by atoms with Crippen molar-refractivity contribution in [3.05, 3.63) is 24.3 Å². The number of hydrogen-bond donors (Lipinski definition) is 1. The smallest absolute Gasteiger partial charge is 0.161 e.